The molecule has 2 aromatic carbocycles. The molecule has 1 aromatic heterocycles. The third-order valence-electron chi connectivity index (χ3n) is 3.65. The van der Waals surface area contributed by atoms with Gasteiger partial charge < -0.3 is 9.47 Å². The molecule has 0 N–H and O–H groups in total. The quantitative estimate of drug-likeness (QED) is 0.730. The van der Waals surface area contributed by atoms with Crippen LogP contribution in [0, 0.1) is 0 Å². The van der Waals surface area contributed by atoms with Gasteiger partial charge in [-0.1, -0.05) is 18.2 Å². The molecule has 0 unspecified atom stereocenters. The van der Waals surface area contributed by atoms with Crippen LogP contribution in [0.4, 0.5) is 0 Å². The monoisotopic (exact) mass is 312 g/mol. The summed E-state index contributed by atoms with van der Waals surface area (Å²) in [6.07, 6.45) is 0. The lowest BCUT2D eigenvalue weighted by molar-refractivity contribution is 0.279. The Morgan fingerprint density at radius 3 is 2.73 bits per heavy atom. The summed E-state index contributed by atoms with van der Waals surface area (Å²) in [7, 11) is 1.64. The second-order valence-corrected chi connectivity index (χ2v) is 5.61. The Balaban J connectivity index is 1.84. The van der Waals surface area contributed by atoms with Crippen LogP contribution in [-0.2, 0) is 6.61 Å². The highest BCUT2D eigenvalue weighted by Crippen LogP contribution is 2.33. The minimum Gasteiger partial charge on any atom is -0.497 e. The third kappa shape index (κ3) is 2.00. The van der Waals surface area contributed by atoms with Crippen LogP contribution >= 0.6 is 11.5 Å². The van der Waals surface area contributed by atoms with E-state index in [0.717, 1.165) is 34.1 Å². The normalized spacial score (nSPS) is 12.2. The molecule has 0 radical (unpaired) electrons. The highest BCUT2D eigenvalue weighted by molar-refractivity contribution is 7.02. The number of fused-ring (bicyclic) bond motifs is 3. The SMILES string of the molecule is COc1ccc(-c2ccc3c(c2)-n2c(nsc2=O)CO3)cc1. The molecule has 0 bridgehead atoms. The van der Waals surface area contributed by atoms with Crippen molar-refractivity contribution in [3.8, 4) is 28.3 Å². The predicted molar refractivity (Wildman–Crippen MR) is 84.0 cm³/mol. The van der Waals surface area contributed by atoms with Crippen LogP contribution in [0.5, 0.6) is 11.5 Å². The van der Waals surface area contributed by atoms with E-state index in [2.05, 4.69) is 4.37 Å². The Morgan fingerprint density at radius 2 is 1.95 bits per heavy atom. The van der Waals surface area contributed by atoms with Crippen LogP contribution < -0.4 is 14.3 Å². The number of nitrogens with zero attached hydrogens (tertiary/aromatic N) is 2. The zero-order valence-electron chi connectivity index (χ0n) is 11.8. The van der Waals surface area contributed by atoms with Crippen molar-refractivity contribution < 1.29 is 9.47 Å². The summed E-state index contributed by atoms with van der Waals surface area (Å²) in [4.78, 5) is 11.9. The van der Waals surface area contributed by atoms with Gasteiger partial charge in [-0.15, -0.1) is 0 Å². The Hall–Kier alpha value is -2.60. The molecule has 6 heteroatoms. The van der Waals surface area contributed by atoms with Crippen LogP contribution in [0.15, 0.2) is 47.3 Å². The molecule has 4 rings (SSSR count). The topological polar surface area (TPSA) is 53.4 Å². The summed E-state index contributed by atoms with van der Waals surface area (Å²) in [5.41, 5.74) is 2.80. The molecule has 5 nitrogen and oxygen atoms in total. The lowest BCUT2D eigenvalue weighted by atomic mass is 10.0. The van der Waals surface area contributed by atoms with Crippen molar-refractivity contribution in [3.63, 3.8) is 0 Å². The molecule has 0 atom stereocenters. The molecule has 0 spiro atoms. The second kappa shape index (κ2) is 4.99. The summed E-state index contributed by atoms with van der Waals surface area (Å²) in [5, 5.41) is 0. The van der Waals surface area contributed by atoms with Crippen molar-refractivity contribution in [2.75, 3.05) is 7.11 Å². The van der Waals surface area contributed by atoms with Crippen molar-refractivity contribution in [3.05, 3.63) is 58.0 Å². The van der Waals surface area contributed by atoms with E-state index in [9.17, 15) is 4.79 Å². The third-order valence-corrected chi connectivity index (χ3v) is 4.29. The fraction of sp³-hybridized carbons (Fsp3) is 0.125. The first-order valence-corrected chi connectivity index (χ1v) is 7.53. The molecule has 1 aliphatic heterocycles. The van der Waals surface area contributed by atoms with E-state index < -0.39 is 0 Å². The van der Waals surface area contributed by atoms with Gasteiger partial charge in [0.1, 0.15) is 18.1 Å². The summed E-state index contributed by atoms with van der Waals surface area (Å²) in [6, 6.07) is 13.6. The molecule has 2 heterocycles. The molecule has 0 saturated heterocycles. The van der Waals surface area contributed by atoms with Crippen LogP contribution in [0.1, 0.15) is 5.82 Å². The Kier molecular flexibility index (Phi) is 2.97. The van der Waals surface area contributed by atoms with Crippen molar-refractivity contribution in [2.24, 2.45) is 0 Å². The van der Waals surface area contributed by atoms with Crippen molar-refractivity contribution in [2.45, 2.75) is 6.61 Å². The zero-order chi connectivity index (χ0) is 15.1. The van der Waals surface area contributed by atoms with Gasteiger partial charge in [0.15, 0.2) is 5.82 Å². The van der Waals surface area contributed by atoms with Gasteiger partial charge in [0.2, 0.25) is 0 Å². The fourth-order valence-corrected chi connectivity index (χ4v) is 3.13. The average molecular weight is 312 g/mol. The largest absolute Gasteiger partial charge is 0.497 e. The number of ether oxygens (including phenoxy) is 2. The van der Waals surface area contributed by atoms with Crippen LogP contribution in [-0.4, -0.2) is 16.1 Å². The maximum absolute atomic E-state index is 12.0. The number of hydrogen-bond donors (Lipinski definition) is 0. The molecule has 110 valence electrons. The first-order valence-electron chi connectivity index (χ1n) is 6.75. The van der Waals surface area contributed by atoms with Crippen LogP contribution in [0.25, 0.3) is 16.8 Å². The van der Waals surface area contributed by atoms with Gasteiger partial charge in [0, 0.05) is 11.5 Å². The molecule has 0 saturated carbocycles. The van der Waals surface area contributed by atoms with Gasteiger partial charge in [0.25, 0.3) is 0 Å². The first-order chi connectivity index (χ1) is 10.8. The Bertz CT molecular complexity index is 896. The summed E-state index contributed by atoms with van der Waals surface area (Å²) in [6.45, 7) is 0.327. The van der Waals surface area contributed by atoms with Crippen LogP contribution in [0.2, 0.25) is 0 Å². The maximum atomic E-state index is 12.0. The average Bonchev–Trinajstić information content (AvgIpc) is 2.96. The van der Waals surface area contributed by atoms with Gasteiger partial charge in [-0.05, 0) is 35.4 Å². The smallest absolute Gasteiger partial charge is 0.331 e. The lowest BCUT2D eigenvalue weighted by Gasteiger charge is -2.19. The first kappa shape index (κ1) is 13.1. The summed E-state index contributed by atoms with van der Waals surface area (Å²) < 4.78 is 16.6. The molecule has 0 aliphatic carbocycles. The second-order valence-electron chi connectivity index (χ2n) is 4.90. The highest BCUT2D eigenvalue weighted by atomic mass is 32.1. The Labute approximate surface area is 130 Å². The van der Waals surface area contributed by atoms with Gasteiger partial charge in [-0.3, -0.25) is 4.79 Å². The molecule has 1 aliphatic rings. The van der Waals surface area contributed by atoms with E-state index in [0.29, 0.717) is 18.2 Å². The standard InChI is InChI=1S/C16H12N2O3S/c1-20-12-5-2-10(3-6-12)11-4-7-14-13(8-11)18-15(9-21-14)17-22-16(18)19/h2-8H,9H2,1H3. The lowest BCUT2D eigenvalue weighted by Crippen LogP contribution is -2.20. The zero-order valence-corrected chi connectivity index (χ0v) is 12.6. The minimum atomic E-state index is -0.0913. The van der Waals surface area contributed by atoms with Crippen molar-refractivity contribution >= 4 is 11.5 Å². The van der Waals surface area contributed by atoms with E-state index in [1.54, 1.807) is 11.7 Å². The maximum Gasteiger partial charge on any atom is 0.331 e. The minimum absolute atomic E-state index is 0.0913. The molecular formula is C16H12N2O3S. The van der Waals surface area contributed by atoms with E-state index in [4.69, 9.17) is 9.47 Å². The molecule has 0 amide bonds. The summed E-state index contributed by atoms with van der Waals surface area (Å²) in [5.74, 6) is 2.16. The van der Waals surface area contributed by atoms with E-state index >= 15 is 0 Å². The molecule has 3 aromatic rings. The van der Waals surface area contributed by atoms with Gasteiger partial charge in [0.05, 0.1) is 12.8 Å². The molecule has 0 fully saturated rings. The Morgan fingerprint density at radius 1 is 1.18 bits per heavy atom. The van der Waals surface area contributed by atoms with E-state index in [1.807, 2.05) is 42.5 Å². The number of hydrogen-bond acceptors (Lipinski definition) is 5. The van der Waals surface area contributed by atoms with Crippen molar-refractivity contribution in [1.82, 2.24) is 8.94 Å². The number of benzene rings is 2. The highest BCUT2D eigenvalue weighted by Gasteiger charge is 2.21. The van der Waals surface area contributed by atoms with E-state index in [1.165, 1.54) is 0 Å². The van der Waals surface area contributed by atoms with Gasteiger partial charge in [-0.25, -0.2) is 4.57 Å². The summed E-state index contributed by atoms with van der Waals surface area (Å²) >= 11 is 0.951. The molecule has 22 heavy (non-hydrogen) atoms. The van der Waals surface area contributed by atoms with Gasteiger partial charge in [-0.2, -0.15) is 4.37 Å². The fourth-order valence-electron chi connectivity index (χ4n) is 2.53. The van der Waals surface area contributed by atoms with E-state index in [-0.39, 0.29) is 4.87 Å². The number of aromatic nitrogens is 2. The number of methoxy groups -OCH3 is 1. The van der Waals surface area contributed by atoms with Crippen molar-refractivity contribution in [1.29, 1.82) is 0 Å². The molecular weight excluding hydrogens is 300 g/mol. The number of rotatable bonds is 2. The van der Waals surface area contributed by atoms with Gasteiger partial charge >= 0.3 is 4.87 Å². The predicted octanol–water partition coefficient (Wildman–Crippen LogP) is 2.86. The van der Waals surface area contributed by atoms with Crippen LogP contribution in [0.3, 0.4) is 0 Å².